The van der Waals surface area contributed by atoms with E-state index < -0.39 is 22.2 Å². The zero-order valence-corrected chi connectivity index (χ0v) is 19.2. The van der Waals surface area contributed by atoms with Gasteiger partial charge in [-0.2, -0.15) is 0 Å². The van der Waals surface area contributed by atoms with Gasteiger partial charge in [0.25, 0.3) is 5.91 Å². The quantitative estimate of drug-likeness (QED) is 0.489. The van der Waals surface area contributed by atoms with Crippen LogP contribution in [0.4, 0.5) is 5.95 Å². The molecule has 2 aliphatic rings. The topological polar surface area (TPSA) is 123 Å². The molecule has 3 heterocycles. The number of ether oxygens (including phenoxy) is 1. The van der Waals surface area contributed by atoms with Crippen LogP contribution in [0.2, 0.25) is 0 Å². The van der Waals surface area contributed by atoms with E-state index in [0.717, 1.165) is 24.6 Å². The molecule has 3 aromatic rings. The van der Waals surface area contributed by atoms with Gasteiger partial charge in [-0.3, -0.25) is 4.79 Å². The Labute approximate surface area is 197 Å². The first kappa shape index (κ1) is 22.7. The number of rotatable bonds is 7. The molecule has 2 aromatic carbocycles. The normalized spacial score (nSPS) is 19.1. The summed E-state index contributed by atoms with van der Waals surface area (Å²) in [5, 5.41) is 1.56. The first-order valence-electron chi connectivity index (χ1n) is 11.1. The number of amides is 1. The predicted molar refractivity (Wildman–Crippen MR) is 124 cm³/mol. The van der Waals surface area contributed by atoms with Crippen LogP contribution in [0.5, 0.6) is 0 Å². The average molecular weight is 484 g/mol. The molecule has 1 unspecified atom stereocenters. The fourth-order valence-corrected chi connectivity index (χ4v) is 5.46. The summed E-state index contributed by atoms with van der Waals surface area (Å²) >= 11 is 0. The lowest BCUT2D eigenvalue weighted by atomic mass is 10.1. The summed E-state index contributed by atoms with van der Waals surface area (Å²) in [6.45, 7) is 1.47. The Morgan fingerprint density at radius 1 is 1.06 bits per heavy atom. The molecule has 178 valence electrons. The van der Waals surface area contributed by atoms with Crippen LogP contribution in [0.1, 0.15) is 29.6 Å². The van der Waals surface area contributed by atoms with Crippen LogP contribution in [0.3, 0.4) is 0 Å². The van der Waals surface area contributed by atoms with Crippen molar-refractivity contribution >= 4 is 32.7 Å². The number of hydrogen-bond donors (Lipinski definition) is 2. The van der Waals surface area contributed by atoms with E-state index in [1.165, 1.54) is 12.4 Å². The number of benzene rings is 2. The van der Waals surface area contributed by atoms with Crippen LogP contribution in [0, 0.1) is 0 Å². The van der Waals surface area contributed by atoms with E-state index in [-0.39, 0.29) is 16.5 Å². The van der Waals surface area contributed by atoms with Gasteiger partial charge in [-0.1, -0.05) is 36.4 Å². The molecule has 10 nitrogen and oxygen atoms in total. The van der Waals surface area contributed by atoms with E-state index in [9.17, 15) is 13.2 Å². The monoisotopic (exact) mass is 483 g/mol. The van der Waals surface area contributed by atoms with Crippen molar-refractivity contribution in [1.82, 2.24) is 20.2 Å². The van der Waals surface area contributed by atoms with Gasteiger partial charge in [0.1, 0.15) is 0 Å². The van der Waals surface area contributed by atoms with Crippen molar-refractivity contribution in [3.63, 3.8) is 0 Å². The maximum atomic E-state index is 13.0. The van der Waals surface area contributed by atoms with Gasteiger partial charge in [-0.15, -0.1) is 0 Å². The summed E-state index contributed by atoms with van der Waals surface area (Å²) in [5.41, 5.74) is 2.63. The van der Waals surface area contributed by atoms with E-state index in [4.69, 9.17) is 9.57 Å². The van der Waals surface area contributed by atoms with Gasteiger partial charge < -0.3 is 9.64 Å². The van der Waals surface area contributed by atoms with Gasteiger partial charge in [0, 0.05) is 43.9 Å². The number of hydrogen-bond acceptors (Lipinski definition) is 8. The Balaban J connectivity index is 1.15. The molecule has 2 saturated heterocycles. The third kappa shape index (κ3) is 4.87. The number of carbonyl (C=O) groups excluding carboxylic acids is 1. The molecule has 1 atom stereocenters. The third-order valence-corrected chi connectivity index (χ3v) is 7.43. The summed E-state index contributed by atoms with van der Waals surface area (Å²) in [7, 11) is -3.68. The smallest absolute Gasteiger partial charge is 0.278 e. The first-order chi connectivity index (χ1) is 16.5. The number of nitrogens with one attached hydrogen (secondary N) is 2. The van der Waals surface area contributed by atoms with Crippen LogP contribution in [-0.4, -0.2) is 56.3 Å². The maximum absolute atomic E-state index is 13.0. The lowest BCUT2D eigenvalue weighted by molar-refractivity contribution is -0.186. The summed E-state index contributed by atoms with van der Waals surface area (Å²) in [5.74, 6) is -0.0289. The first-order valence-corrected chi connectivity index (χ1v) is 12.6. The number of carbonyl (C=O) groups is 1. The molecule has 0 saturated carbocycles. The summed E-state index contributed by atoms with van der Waals surface area (Å²) in [6, 6.07) is 12.4. The largest absolute Gasteiger partial charge is 0.350 e. The lowest BCUT2D eigenvalue weighted by Crippen LogP contribution is -2.59. The van der Waals surface area contributed by atoms with Crippen molar-refractivity contribution in [2.75, 3.05) is 24.6 Å². The number of nitrogens with zero attached hydrogens (tertiary/aromatic N) is 3. The highest BCUT2D eigenvalue weighted by atomic mass is 32.2. The number of sulfonamides is 1. The Hall–Kier alpha value is -3.12. The fraction of sp³-hybridized carbons (Fsp3) is 0.348. The Morgan fingerprint density at radius 3 is 2.59 bits per heavy atom. The van der Waals surface area contributed by atoms with Gasteiger partial charge in [-0.25, -0.2) is 33.4 Å². The van der Waals surface area contributed by atoms with Gasteiger partial charge >= 0.3 is 0 Å². The number of hydroxylamine groups is 1. The van der Waals surface area contributed by atoms with E-state index >= 15 is 0 Å². The Kier molecular flexibility index (Phi) is 6.42. The second kappa shape index (κ2) is 9.63. The Morgan fingerprint density at radius 2 is 1.82 bits per heavy atom. The minimum atomic E-state index is -3.68. The standard InChI is InChI=1S/C23H25N5O5S/c29-22(26-33-21-10-3-4-11-32-21)17-12-24-23(25-13-17)28-14-18(15-28)27-34(30,31)20-9-5-7-16-6-1-2-8-19(16)20/h1-2,5-9,12-13,18,21,27H,3-4,10-11,14-15H2,(H,26,29). The number of fused-ring (bicyclic) bond motifs is 1. The highest BCUT2D eigenvalue weighted by Gasteiger charge is 2.33. The van der Waals surface area contributed by atoms with Gasteiger partial charge in [0.15, 0.2) is 6.29 Å². The molecule has 34 heavy (non-hydrogen) atoms. The molecule has 1 aromatic heterocycles. The van der Waals surface area contributed by atoms with E-state index in [0.29, 0.717) is 31.0 Å². The van der Waals surface area contributed by atoms with Gasteiger partial charge in [0.05, 0.1) is 16.5 Å². The van der Waals surface area contributed by atoms with Crippen LogP contribution in [0.25, 0.3) is 10.8 Å². The molecular formula is C23H25N5O5S. The lowest BCUT2D eigenvalue weighted by Gasteiger charge is -2.39. The van der Waals surface area contributed by atoms with Crippen LogP contribution < -0.4 is 15.1 Å². The van der Waals surface area contributed by atoms with E-state index in [2.05, 4.69) is 20.2 Å². The van der Waals surface area contributed by atoms with Crippen molar-refractivity contribution in [2.45, 2.75) is 36.5 Å². The molecule has 0 aliphatic carbocycles. The maximum Gasteiger partial charge on any atom is 0.278 e. The van der Waals surface area contributed by atoms with E-state index in [1.54, 1.807) is 18.2 Å². The molecule has 2 fully saturated rings. The number of aromatic nitrogens is 2. The minimum Gasteiger partial charge on any atom is -0.350 e. The summed E-state index contributed by atoms with van der Waals surface area (Å²) in [6.07, 6.45) is 5.11. The van der Waals surface area contributed by atoms with Crippen LogP contribution in [-0.2, 0) is 19.6 Å². The molecule has 1 amide bonds. The van der Waals surface area contributed by atoms with Crippen molar-refractivity contribution in [3.8, 4) is 0 Å². The summed E-state index contributed by atoms with van der Waals surface area (Å²) in [4.78, 5) is 28.1. The fourth-order valence-electron chi connectivity index (χ4n) is 4.01. The highest BCUT2D eigenvalue weighted by molar-refractivity contribution is 7.89. The zero-order chi connectivity index (χ0) is 23.5. The zero-order valence-electron chi connectivity index (χ0n) is 18.4. The number of anilines is 1. The average Bonchev–Trinajstić information content (AvgIpc) is 2.85. The molecule has 11 heteroatoms. The predicted octanol–water partition coefficient (Wildman–Crippen LogP) is 1.98. The Bertz CT molecular complexity index is 1270. The van der Waals surface area contributed by atoms with Crippen molar-refractivity contribution in [2.24, 2.45) is 0 Å². The van der Waals surface area contributed by atoms with E-state index in [1.807, 2.05) is 29.2 Å². The molecule has 2 aliphatic heterocycles. The van der Waals surface area contributed by atoms with Crippen molar-refractivity contribution in [1.29, 1.82) is 0 Å². The van der Waals surface area contributed by atoms with Crippen LogP contribution >= 0.6 is 0 Å². The molecule has 5 rings (SSSR count). The van der Waals surface area contributed by atoms with Gasteiger partial charge in [-0.05, 0) is 24.3 Å². The minimum absolute atomic E-state index is 0.258. The van der Waals surface area contributed by atoms with Crippen LogP contribution in [0.15, 0.2) is 59.8 Å². The van der Waals surface area contributed by atoms with Gasteiger partial charge in [0.2, 0.25) is 16.0 Å². The molecule has 0 spiro atoms. The van der Waals surface area contributed by atoms with Crippen molar-refractivity contribution in [3.05, 3.63) is 60.4 Å². The molecule has 0 bridgehead atoms. The second-order valence-electron chi connectivity index (χ2n) is 8.32. The highest BCUT2D eigenvalue weighted by Crippen LogP contribution is 2.24. The SMILES string of the molecule is O=C(NOC1CCCCO1)c1cnc(N2CC(NS(=O)(=O)c3cccc4ccccc34)C2)nc1. The van der Waals surface area contributed by atoms with Crippen molar-refractivity contribution < 1.29 is 22.8 Å². The third-order valence-electron chi connectivity index (χ3n) is 5.85. The molecule has 2 N–H and O–H groups in total. The molecular weight excluding hydrogens is 458 g/mol. The summed E-state index contributed by atoms with van der Waals surface area (Å²) < 4.78 is 34.1. The molecule has 0 radical (unpaired) electrons. The second-order valence-corrected chi connectivity index (χ2v) is 10.00.